The maximum atomic E-state index is 11.7. The van der Waals surface area contributed by atoms with Crippen molar-refractivity contribution in [2.75, 3.05) is 12.3 Å². The van der Waals surface area contributed by atoms with Gasteiger partial charge in [-0.15, -0.1) is 0 Å². The third-order valence-electron chi connectivity index (χ3n) is 1.95. The quantitative estimate of drug-likeness (QED) is 0.776. The molecular formula is C10H8N4OS. The number of nitrogens with one attached hydrogen (secondary N) is 1. The van der Waals surface area contributed by atoms with Crippen molar-refractivity contribution in [3.63, 3.8) is 0 Å². The van der Waals surface area contributed by atoms with E-state index in [9.17, 15) is 4.79 Å². The van der Waals surface area contributed by atoms with Crippen molar-refractivity contribution in [2.45, 2.75) is 0 Å². The maximum absolute atomic E-state index is 11.7. The van der Waals surface area contributed by atoms with Gasteiger partial charge in [-0.3, -0.25) is 9.79 Å². The number of carbonyl (C=O) groups excluding carboxylic acids is 1. The van der Waals surface area contributed by atoms with E-state index in [-0.39, 0.29) is 5.91 Å². The van der Waals surface area contributed by atoms with Gasteiger partial charge in [0.2, 0.25) is 0 Å². The predicted octanol–water partition coefficient (Wildman–Crippen LogP) is 0.786. The molecule has 1 amide bonds. The first-order chi connectivity index (χ1) is 7.79. The average molecular weight is 232 g/mol. The van der Waals surface area contributed by atoms with E-state index in [0.29, 0.717) is 16.4 Å². The first-order valence-corrected chi connectivity index (χ1v) is 5.63. The Morgan fingerprint density at radius 2 is 2.44 bits per heavy atom. The third-order valence-corrected chi connectivity index (χ3v) is 2.84. The summed E-state index contributed by atoms with van der Waals surface area (Å²) in [4.78, 5) is 19.6. The molecule has 0 fully saturated rings. The van der Waals surface area contributed by atoms with Crippen molar-refractivity contribution < 1.29 is 4.79 Å². The Labute approximate surface area is 96.6 Å². The molecule has 1 aromatic heterocycles. The Balaban J connectivity index is 2.06. The summed E-state index contributed by atoms with van der Waals surface area (Å²) < 4.78 is 0. The minimum Gasteiger partial charge on any atom is -0.301 e. The van der Waals surface area contributed by atoms with Crippen molar-refractivity contribution in [2.24, 2.45) is 4.99 Å². The highest BCUT2D eigenvalue weighted by Crippen LogP contribution is 2.09. The lowest BCUT2D eigenvalue weighted by Crippen LogP contribution is -2.27. The molecule has 1 aliphatic rings. The van der Waals surface area contributed by atoms with E-state index in [1.807, 2.05) is 6.07 Å². The number of hydrogen-bond acceptors (Lipinski definition) is 5. The SMILES string of the molecule is N#Cc1ccc(C(=O)NC2=NCCS2)cn1. The molecule has 1 aromatic rings. The summed E-state index contributed by atoms with van der Waals surface area (Å²) in [5.74, 6) is 0.659. The Morgan fingerprint density at radius 1 is 1.56 bits per heavy atom. The van der Waals surface area contributed by atoms with Crippen molar-refractivity contribution in [3.8, 4) is 6.07 Å². The summed E-state index contributed by atoms with van der Waals surface area (Å²) in [5.41, 5.74) is 0.721. The largest absolute Gasteiger partial charge is 0.301 e. The molecule has 0 aliphatic carbocycles. The molecule has 1 aliphatic heterocycles. The average Bonchev–Trinajstić information content (AvgIpc) is 2.82. The fourth-order valence-electron chi connectivity index (χ4n) is 1.17. The smallest absolute Gasteiger partial charge is 0.258 e. The normalized spacial score (nSPS) is 14.1. The lowest BCUT2D eigenvalue weighted by molar-refractivity contribution is 0.0977. The van der Waals surface area contributed by atoms with Crippen molar-refractivity contribution in [3.05, 3.63) is 29.6 Å². The minimum atomic E-state index is -0.245. The van der Waals surface area contributed by atoms with Gasteiger partial charge in [0.15, 0.2) is 5.17 Å². The number of amides is 1. The minimum absolute atomic E-state index is 0.245. The van der Waals surface area contributed by atoms with E-state index in [1.54, 1.807) is 6.07 Å². The van der Waals surface area contributed by atoms with Gasteiger partial charge < -0.3 is 5.32 Å². The van der Waals surface area contributed by atoms with Crippen LogP contribution in [0.5, 0.6) is 0 Å². The van der Waals surface area contributed by atoms with E-state index >= 15 is 0 Å². The summed E-state index contributed by atoms with van der Waals surface area (Å²) in [7, 11) is 0. The van der Waals surface area contributed by atoms with Crippen molar-refractivity contribution in [1.29, 1.82) is 5.26 Å². The fourth-order valence-corrected chi connectivity index (χ4v) is 1.90. The number of rotatable bonds is 1. The summed E-state index contributed by atoms with van der Waals surface area (Å²) in [6, 6.07) is 4.98. The number of amidine groups is 1. The number of carbonyl (C=O) groups is 1. The zero-order valence-corrected chi connectivity index (χ0v) is 9.12. The van der Waals surface area contributed by atoms with Crippen LogP contribution in [0.25, 0.3) is 0 Å². The van der Waals surface area contributed by atoms with E-state index in [4.69, 9.17) is 5.26 Å². The molecule has 1 N–H and O–H groups in total. The summed E-state index contributed by atoms with van der Waals surface area (Å²) in [6.07, 6.45) is 1.38. The van der Waals surface area contributed by atoms with Gasteiger partial charge in [0, 0.05) is 11.9 Å². The Bertz CT molecular complexity index is 475. The lowest BCUT2D eigenvalue weighted by Gasteiger charge is -2.02. The second kappa shape index (κ2) is 4.77. The van der Waals surface area contributed by atoms with Crippen molar-refractivity contribution in [1.82, 2.24) is 10.3 Å². The molecular weight excluding hydrogens is 224 g/mol. The fraction of sp³-hybridized carbons (Fsp3) is 0.200. The molecule has 0 saturated heterocycles. The summed E-state index contributed by atoms with van der Waals surface area (Å²) in [5, 5.41) is 11.9. The first kappa shape index (κ1) is 10.6. The summed E-state index contributed by atoms with van der Waals surface area (Å²) in [6.45, 7) is 0.742. The molecule has 5 nitrogen and oxygen atoms in total. The highest BCUT2D eigenvalue weighted by Gasteiger charge is 2.12. The van der Waals surface area contributed by atoms with Gasteiger partial charge >= 0.3 is 0 Å². The van der Waals surface area contributed by atoms with Crippen molar-refractivity contribution >= 4 is 22.8 Å². The molecule has 0 saturated carbocycles. The van der Waals surface area contributed by atoms with Crippen LogP contribution in [0, 0.1) is 11.3 Å². The number of pyridine rings is 1. The summed E-state index contributed by atoms with van der Waals surface area (Å²) >= 11 is 1.52. The number of aromatic nitrogens is 1. The second-order valence-electron chi connectivity index (χ2n) is 3.03. The molecule has 80 valence electrons. The monoisotopic (exact) mass is 232 g/mol. The number of nitrogens with zero attached hydrogens (tertiary/aromatic N) is 3. The van der Waals surface area contributed by atoms with E-state index in [1.165, 1.54) is 24.0 Å². The standard InChI is InChI=1S/C10H8N4OS/c11-5-8-2-1-7(6-13-8)9(15)14-10-12-3-4-16-10/h1-2,6H,3-4H2,(H,12,14,15). The second-order valence-corrected chi connectivity index (χ2v) is 4.12. The number of nitriles is 1. The highest BCUT2D eigenvalue weighted by atomic mass is 32.2. The molecule has 0 atom stereocenters. The van der Waals surface area contributed by atoms with Crippen LogP contribution >= 0.6 is 11.8 Å². The number of hydrogen-bond donors (Lipinski definition) is 1. The number of thioether (sulfide) groups is 1. The van der Waals surface area contributed by atoms with Gasteiger partial charge in [-0.1, -0.05) is 11.8 Å². The van der Waals surface area contributed by atoms with Crippen LogP contribution in [0.3, 0.4) is 0 Å². The molecule has 2 rings (SSSR count). The predicted molar refractivity (Wildman–Crippen MR) is 61.2 cm³/mol. The topological polar surface area (TPSA) is 78.1 Å². The highest BCUT2D eigenvalue weighted by molar-refractivity contribution is 8.14. The van der Waals surface area contributed by atoms with Gasteiger partial charge in [-0.05, 0) is 12.1 Å². The molecule has 0 spiro atoms. The lowest BCUT2D eigenvalue weighted by atomic mass is 10.2. The van der Waals surface area contributed by atoms with Gasteiger partial charge in [0.25, 0.3) is 5.91 Å². The molecule has 6 heteroatoms. The Kier molecular flexibility index (Phi) is 3.17. The van der Waals surface area contributed by atoms with Crippen LogP contribution in [0.2, 0.25) is 0 Å². The van der Waals surface area contributed by atoms with Crippen LogP contribution in [-0.2, 0) is 0 Å². The van der Waals surface area contributed by atoms with Gasteiger partial charge in [0.1, 0.15) is 11.8 Å². The van der Waals surface area contributed by atoms with Crippen LogP contribution in [0.4, 0.5) is 0 Å². The molecule has 16 heavy (non-hydrogen) atoms. The zero-order chi connectivity index (χ0) is 11.4. The zero-order valence-electron chi connectivity index (χ0n) is 8.30. The van der Waals surface area contributed by atoms with Gasteiger partial charge in [0.05, 0.1) is 12.1 Å². The maximum Gasteiger partial charge on any atom is 0.258 e. The Morgan fingerprint density at radius 3 is 3.00 bits per heavy atom. The third kappa shape index (κ3) is 2.38. The van der Waals surface area contributed by atoms with Crippen LogP contribution in [0.1, 0.15) is 16.1 Å². The number of aliphatic imine (C=N–C) groups is 1. The molecule has 0 unspecified atom stereocenters. The van der Waals surface area contributed by atoms with Gasteiger partial charge in [-0.25, -0.2) is 4.98 Å². The van der Waals surface area contributed by atoms with E-state index < -0.39 is 0 Å². The molecule has 0 aromatic carbocycles. The van der Waals surface area contributed by atoms with E-state index in [2.05, 4.69) is 15.3 Å². The Hall–Kier alpha value is -1.87. The van der Waals surface area contributed by atoms with Crippen LogP contribution < -0.4 is 5.32 Å². The van der Waals surface area contributed by atoms with Crippen LogP contribution in [0.15, 0.2) is 23.3 Å². The van der Waals surface area contributed by atoms with Crippen LogP contribution in [-0.4, -0.2) is 28.4 Å². The molecule has 2 heterocycles. The van der Waals surface area contributed by atoms with Gasteiger partial charge in [-0.2, -0.15) is 5.26 Å². The molecule has 0 bridgehead atoms. The first-order valence-electron chi connectivity index (χ1n) is 4.64. The van der Waals surface area contributed by atoms with E-state index in [0.717, 1.165) is 12.3 Å². The molecule has 0 radical (unpaired) electrons.